The molecule has 0 aliphatic rings. The highest BCUT2D eigenvalue weighted by Crippen LogP contribution is 2.42. The smallest absolute Gasteiger partial charge is 0.165 e. The number of rotatable bonds is 1. The van der Waals surface area contributed by atoms with Gasteiger partial charge >= 0.3 is 0 Å². The molecule has 40 heavy (non-hydrogen) atoms. The van der Waals surface area contributed by atoms with Gasteiger partial charge in [0.15, 0.2) is 5.65 Å². The molecular weight excluding hydrogens is 490 g/mol. The molecule has 4 heterocycles. The van der Waals surface area contributed by atoms with E-state index in [4.69, 9.17) is 14.4 Å². The predicted octanol–water partition coefficient (Wildman–Crippen LogP) is 9.50. The van der Waals surface area contributed by atoms with Crippen molar-refractivity contribution in [3.8, 4) is 11.1 Å². The quantitative estimate of drug-likeness (QED) is 0.221. The normalized spacial score (nSPS) is 12.5. The summed E-state index contributed by atoms with van der Waals surface area (Å²) in [6.45, 7) is 0. The van der Waals surface area contributed by atoms with Crippen molar-refractivity contribution in [2.75, 3.05) is 0 Å². The van der Waals surface area contributed by atoms with Crippen LogP contribution in [0.25, 0.3) is 93.2 Å². The number of aromatic nitrogens is 3. The lowest BCUT2D eigenvalue weighted by Crippen LogP contribution is -1.90. The van der Waals surface area contributed by atoms with Crippen LogP contribution >= 0.6 is 0 Å². The molecule has 4 aromatic heterocycles. The summed E-state index contributed by atoms with van der Waals surface area (Å²) in [5.74, 6) is 0. The minimum Gasteiger partial charge on any atom is -0.456 e. The molecule has 4 nitrogen and oxygen atoms in total. The van der Waals surface area contributed by atoms with E-state index in [0.717, 1.165) is 60.7 Å². The Labute approximate surface area is 227 Å². The van der Waals surface area contributed by atoms with Gasteiger partial charge in [-0.1, -0.05) is 84.9 Å². The molecule has 0 radical (unpaired) electrons. The van der Waals surface area contributed by atoms with Crippen LogP contribution in [-0.4, -0.2) is 14.4 Å². The number of para-hydroxylation sites is 1. The summed E-state index contributed by atoms with van der Waals surface area (Å²) in [4.78, 5) is 10.4. The van der Waals surface area contributed by atoms with Crippen molar-refractivity contribution in [1.82, 2.24) is 14.4 Å². The van der Waals surface area contributed by atoms with Gasteiger partial charge in [0, 0.05) is 33.0 Å². The fourth-order valence-corrected chi connectivity index (χ4v) is 6.71. The van der Waals surface area contributed by atoms with E-state index in [1.54, 1.807) is 0 Å². The molecule has 10 rings (SSSR count). The monoisotopic (exact) mass is 509 g/mol. The van der Waals surface area contributed by atoms with Crippen molar-refractivity contribution >= 4 is 82.1 Å². The molecule has 0 fully saturated rings. The third kappa shape index (κ3) is 2.51. The summed E-state index contributed by atoms with van der Waals surface area (Å²) in [7, 11) is 0. The maximum Gasteiger partial charge on any atom is 0.165 e. The zero-order valence-electron chi connectivity index (χ0n) is 21.2. The Morgan fingerprint density at radius 2 is 1.38 bits per heavy atom. The molecular formula is C36H19N3O. The molecule has 0 amide bonds. The average Bonchev–Trinajstić information content (AvgIpc) is 3.65. The SMILES string of the molecule is c1ccc(-c2ccc3nc4c(nc3c2)c2cccc3c5cc6c(cc5n4c32)oc2ccc3ccccc3c26)cc1. The number of fused-ring (bicyclic) bond motifs is 12. The van der Waals surface area contributed by atoms with Crippen molar-refractivity contribution in [3.63, 3.8) is 0 Å². The molecule has 0 bridgehead atoms. The predicted molar refractivity (Wildman–Crippen MR) is 164 cm³/mol. The van der Waals surface area contributed by atoms with Gasteiger partial charge in [0.05, 0.1) is 22.1 Å². The van der Waals surface area contributed by atoms with E-state index >= 15 is 0 Å². The molecule has 0 aliphatic heterocycles. The zero-order chi connectivity index (χ0) is 25.9. The average molecular weight is 510 g/mol. The Balaban J connectivity index is 1.33. The standard InChI is InChI=1S/C36H19N3O/c1-2-7-20(8-3-1)22-13-15-28-29(17-22)37-34-25-12-6-11-24-26-18-27-32(19-30(26)39(35(24)25)36(34)38-28)40-31-16-14-21-9-4-5-10-23(21)33(27)31/h1-19H. The van der Waals surface area contributed by atoms with Crippen molar-refractivity contribution in [1.29, 1.82) is 0 Å². The van der Waals surface area contributed by atoms with Crippen LogP contribution in [0.15, 0.2) is 120 Å². The van der Waals surface area contributed by atoms with Gasteiger partial charge in [0.1, 0.15) is 16.7 Å². The molecule has 0 saturated carbocycles. The first-order valence-electron chi connectivity index (χ1n) is 13.5. The maximum absolute atomic E-state index is 6.45. The van der Waals surface area contributed by atoms with E-state index in [2.05, 4.69) is 114 Å². The van der Waals surface area contributed by atoms with E-state index in [9.17, 15) is 0 Å². The third-order valence-corrected chi connectivity index (χ3v) is 8.49. The summed E-state index contributed by atoms with van der Waals surface area (Å²) in [6, 6.07) is 40.5. The lowest BCUT2D eigenvalue weighted by molar-refractivity contribution is 0.669. The van der Waals surface area contributed by atoms with Crippen LogP contribution in [0.5, 0.6) is 0 Å². The minimum atomic E-state index is 0.877. The van der Waals surface area contributed by atoms with E-state index in [-0.39, 0.29) is 0 Å². The second-order valence-corrected chi connectivity index (χ2v) is 10.6. The second-order valence-electron chi connectivity index (χ2n) is 10.6. The van der Waals surface area contributed by atoms with Gasteiger partial charge in [0.25, 0.3) is 0 Å². The van der Waals surface area contributed by atoms with Crippen LogP contribution < -0.4 is 0 Å². The molecule has 0 N–H and O–H groups in total. The summed E-state index contributed by atoms with van der Waals surface area (Å²) in [6.07, 6.45) is 0. The zero-order valence-corrected chi connectivity index (χ0v) is 21.2. The Morgan fingerprint density at radius 3 is 2.33 bits per heavy atom. The highest BCUT2D eigenvalue weighted by Gasteiger charge is 2.22. The molecule has 0 unspecified atom stereocenters. The van der Waals surface area contributed by atoms with Gasteiger partial charge in [0.2, 0.25) is 0 Å². The van der Waals surface area contributed by atoms with Gasteiger partial charge in [-0.25, -0.2) is 9.97 Å². The molecule has 0 spiro atoms. The summed E-state index contributed by atoms with van der Waals surface area (Å²) in [5, 5.41) is 8.27. The fraction of sp³-hybridized carbons (Fsp3) is 0. The van der Waals surface area contributed by atoms with Crippen molar-refractivity contribution < 1.29 is 4.42 Å². The number of nitrogens with zero attached hydrogens (tertiary/aromatic N) is 3. The lowest BCUT2D eigenvalue weighted by Gasteiger charge is -2.04. The first kappa shape index (κ1) is 20.5. The number of furan rings is 1. The van der Waals surface area contributed by atoms with Gasteiger partial charge in [-0.3, -0.25) is 4.40 Å². The van der Waals surface area contributed by atoms with Crippen molar-refractivity contribution in [3.05, 3.63) is 115 Å². The lowest BCUT2D eigenvalue weighted by atomic mass is 10.0. The Morgan fingerprint density at radius 1 is 0.525 bits per heavy atom. The van der Waals surface area contributed by atoms with Crippen LogP contribution in [0.4, 0.5) is 0 Å². The highest BCUT2D eigenvalue weighted by molar-refractivity contribution is 6.27. The maximum atomic E-state index is 6.45. The Bertz CT molecular complexity index is 2640. The number of hydrogen-bond donors (Lipinski definition) is 0. The van der Waals surface area contributed by atoms with Crippen molar-refractivity contribution in [2.45, 2.75) is 0 Å². The fourth-order valence-electron chi connectivity index (χ4n) is 6.71. The minimum absolute atomic E-state index is 0.877. The summed E-state index contributed by atoms with van der Waals surface area (Å²) < 4.78 is 8.72. The van der Waals surface area contributed by atoms with Crippen LogP contribution in [0.2, 0.25) is 0 Å². The third-order valence-electron chi connectivity index (χ3n) is 8.49. The van der Waals surface area contributed by atoms with Crippen LogP contribution in [0.3, 0.4) is 0 Å². The molecule has 0 saturated heterocycles. The van der Waals surface area contributed by atoms with Crippen molar-refractivity contribution in [2.24, 2.45) is 0 Å². The summed E-state index contributed by atoms with van der Waals surface area (Å²) >= 11 is 0. The summed E-state index contributed by atoms with van der Waals surface area (Å²) in [5.41, 5.74) is 9.95. The molecule has 10 aromatic rings. The Kier molecular flexibility index (Phi) is 3.65. The first-order chi connectivity index (χ1) is 19.8. The number of hydrogen-bond acceptors (Lipinski definition) is 3. The van der Waals surface area contributed by atoms with Crippen LogP contribution in [0.1, 0.15) is 0 Å². The number of benzene rings is 6. The largest absolute Gasteiger partial charge is 0.456 e. The topological polar surface area (TPSA) is 43.3 Å². The van der Waals surface area contributed by atoms with Crippen LogP contribution in [-0.2, 0) is 0 Å². The second kappa shape index (κ2) is 7.13. The Hall–Kier alpha value is -5.48. The van der Waals surface area contributed by atoms with E-state index in [1.165, 1.54) is 32.5 Å². The van der Waals surface area contributed by atoms with E-state index in [0.29, 0.717) is 0 Å². The molecule has 0 aliphatic carbocycles. The molecule has 184 valence electrons. The molecule has 6 aromatic carbocycles. The van der Waals surface area contributed by atoms with Gasteiger partial charge in [-0.15, -0.1) is 0 Å². The van der Waals surface area contributed by atoms with E-state index in [1.807, 2.05) is 6.07 Å². The molecule has 4 heteroatoms. The van der Waals surface area contributed by atoms with Gasteiger partial charge < -0.3 is 4.42 Å². The highest BCUT2D eigenvalue weighted by atomic mass is 16.3. The van der Waals surface area contributed by atoms with Crippen LogP contribution in [0, 0.1) is 0 Å². The van der Waals surface area contributed by atoms with Gasteiger partial charge in [-0.05, 0) is 46.2 Å². The molecule has 0 atom stereocenters. The first-order valence-corrected chi connectivity index (χ1v) is 13.5. The van der Waals surface area contributed by atoms with Gasteiger partial charge in [-0.2, -0.15) is 0 Å². The van der Waals surface area contributed by atoms with E-state index < -0.39 is 0 Å².